The summed E-state index contributed by atoms with van der Waals surface area (Å²) in [6, 6.07) is 7.44. The molecule has 0 radical (unpaired) electrons. The maximum absolute atomic E-state index is 13.5. The number of halogens is 3. The SMILES string of the molecule is CN(CCc1ccc(F)cc1F)c1ccc(Br)cn1. The van der Waals surface area contributed by atoms with Gasteiger partial charge < -0.3 is 4.90 Å². The lowest BCUT2D eigenvalue weighted by molar-refractivity contribution is 0.571. The van der Waals surface area contributed by atoms with E-state index >= 15 is 0 Å². The van der Waals surface area contributed by atoms with E-state index in [4.69, 9.17) is 0 Å². The van der Waals surface area contributed by atoms with Gasteiger partial charge in [-0.25, -0.2) is 13.8 Å². The topological polar surface area (TPSA) is 16.1 Å². The van der Waals surface area contributed by atoms with Crippen LogP contribution in [0.1, 0.15) is 5.56 Å². The second-order valence-corrected chi connectivity index (χ2v) is 5.16. The lowest BCUT2D eigenvalue weighted by Crippen LogP contribution is -2.21. The minimum Gasteiger partial charge on any atom is -0.359 e. The van der Waals surface area contributed by atoms with Crippen LogP contribution in [-0.4, -0.2) is 18.6 Å². The Bertz CT molecular complexity index is 558. The summed E-state index contributed by atoms with van der Waals surface area (Å²) >= 11 is 3.32. The Labute approximate surface area is 119 Å². The van der Waals surface area contributed by atoms with Crippen molar-refractivity contribution >= 4 is 21.7 Å². The molecule has 0 unspecified atom stereocenters. The second-order valence-electron chi connectivity index (χ2n) is 4.24. The van der Waals surface area contributed by atoms with Gasteiger partial charge >= 0.3 is 0 Å². The number of hydrogen-bond donors (Lipinski definition) is 0. The van der Waals surface area contributed by atoms with Crippen molar-refractivity contribution in [2.75, 3.05) is 18.5 Å². The first-order valence-corrected chi connectivity index (χ1v) is 6.62. The van der Waals surface area contributed by atoms with Gasteiger partial charge in [-0.1, -0.05) is 6.07 Å². The summed E-state index contributed by atoms with van der Waals surface area (Å²) in [6.45, 7) is 0.608. The minimum atomic E-state index is -0.552. The van der Waals surface area contributed by atoms with Gasteiger partial charge in [-0.3, -0.25) is 0 Å². The first-order chi connectivity index (χ1) is 9.06. The van der Waals surface area contributed by atoms with Gasteiger partial charge in [-0.2, -0.15) is 0 Å². The third kappa shape index (κ3) is 3.73. The Hall–Kier alpha value is -1.49. The van der Waals surface area contributed by atoms with E-state index in [1.54, 1.807) is 6.20 Å². The summed E-state index contributed by atoms with van der Waals surface area (Å²) in [5, 5.41) is 0. The summed E-state index contributed by atoms with van der Waals surface area (Å²) < 4.78 is 27.2. The number of aromatic nitrogens is 1. The number of hydrogen-bond acceptors (Lipinski definition) is 2. The third-order valence-electron chi connectivity index (χ3n) is 2.83. The lowest BCUT2D eigenvalue weighted by atomic mass is 10.1. The standard InChI is InChI=1S/C14H13BrF2N2/c1-19(14-5-3-11(15)9-18-14)7-6-10-2-4-12(16)8-13(10)17/h2-5,8-9H,6-7H2,1H3. The van der Waals surface area contributed by atoms with Gasteiger partial charge in [0, 0.05) is 30.3 Å². The summed E-state index contributed by atoms with van der Waals surface area (Å²) in [5.74, 6) is -0.243. The number of likely N-dealkylation sites (N-methyl/N-ethyl adjacent to an activating group) is 1. The highest BCUT2D eigenvalue weighted by molar-refractivity contribution is 9.10. The zero-order chi connectivity index (χ0) is 13.8. The maximum atomic E-state index is 13.5. The Morgan fingerprint density at radius 1 is 1.21 bits per heavy atom. The smallest absolute Gasteiger partial charge is 0.129 e. The molecule has 0 aliphatic carbocycles. The molecule has 0 N–H and O–H groups in total. The highest BCUT2D eigenvalue weighted by atomic mass is 79.9. The van der Waals surface area contributed by atoms with Gasteiger partial charge in [0.25, 0.3) is 0 Å². The van der Waals surface area contributed by atoms with Gasteiger partial charge in [0.15, 0.2) is 0 Å². The molecule has 100 valence electrons. The Balaban J connectivity index is 2.00. The molecule has 2 nitrogen and oxygen atoms in total. The van der Waals surface area contributed by atoms with Gasteiger partial charge in [-0.05, 0) is 46.1 Å². The van der Waals surface area contributed by atoms with Crippen molar-refractivity contribution < 1.29 is 8.78 Å². The van der Waals surface area contributed by atoms with E-state index in [1.165, 1.54) is 12.1 Å². The number of benzene rings is 1. The average Bonchev–Trinajstić information content (AvgIpc) is 2.38. The summed E-state index contributed by atoms with van der Waals surface area (Å²) in [5.41, 5.74) is 0.505. The van der Waals surface area contributed by atoms with E-state index in [9.17, 15) is 8.78 Å². The Kier molecular flexibility index (Phi) is 4.47. The maximum Gasteiger partial charge on any atom is 0.129 e. The van der Waals surface area contributed by atoms with Gasteiger partial charge in [0.2, 0.25) is 0 Å². The first kappa shape index (κ1) is 13.9. The normalized spacial score (nSPS) is 10.5. The summed E-state index contributed by atoms with van der Waals surface area (Å²) in [4.78, 5) is 6.18. The Morgan fingerprint density at radius 2 is 2.00 bits per heavy atom. The quantitative estimate of drug-likeness (QED) is 0.849. The van der Waals surface area contributed by atoms with Gasteiger partial charge in [0.1, 0.15) is 17.5 Å². The molecule has 0 atom stereocenters. The monoisotopic (exact) mass is 326 g/mol. The molecule has 0 saturated carbocycles. The van der Waals surface area contributed by atoms with Crippen LogP contribution >= 0.6 is 15.9 Å². The molecule has 2 rings (SSSR count). The van der Waals surface area contributed by atoms with E-state index in [0.29, 0.717) is 18.5 Å². The number of anilines is 1. The van der Waals surface area contributed by atoms with Crippen LogP contribution in [0.4, 0.5) is 14.6 Å². The van der Waals surface area contributed by atoms with E-state index in [2.05, 4.69) is 20.9 Å². The number of rotatable bonds is 4. The molecular weight excluding hydrogens is 314 g/mol. The van der Waals surface area contributed by atoms with Gasteiger partial charge in [0.05, 0.1) is 0 Å². The molecule has 1 heterocycles. The predicted octanol–water partition coefficient (Wildman–Crippen LogP) is 3.80. The van der Waals surface area contributed by atoms with Crippen molar-refractivity contribution in [1.82, 2.24) is 4.98 Å². The van der Waals surface area contributed by atoms with Crippen LogP contribution in [0.5, 0.6) is 0 Å². The molecule has 5 heteroatoms. The predicted molar refractivity (Wildman–Crippen MR) is 75.3 cm³/mol. The number of pyridine rings is 1. The summed E-state index contributed by atoms with van der Waals surface area (Å²) in [6.07, 6.45) is 2.21. The second kappa shape index (κ2) is 6.10. The molecule has 0 spiro atoms. The molecule has 0 aliphatic heterocycles. The van der Waals surface area contributed by atoms with Crippen molar-refractivity contribution in [2.45, 2.75) is 6.42 Å². The molecule has 0 saturated heterocycles. The Morgan fingerprint density at radius 3 is 2.63 bits per heavy atom. The number of nitrogens with zero attached hydrogens (tertiary/aromatic N) is 2. The highest BCUT2D eigenvalue weighted by Gasteiger charge is 2.07. The van der Waals surface area contributed by atoms with E-state index in [-0.39, 0.29) is 0 Å². The van der Waals surface area contributed by atoms with Crippen LogP contribution in [0.15, 0.2) is 41.0 Å². The van der Waals surface area contributed by atoms with Crippen molar-refractivity contribution in [1.29, 1.82) is 0 Å². The minimum absolute atomic E-state index is 0.500. The average molecular weight is 327 g/mol. The molecule has 1 aromatic heterocycles. The molecule has 19 heavy (non-hydrogen) atoms. The fourth-order valence-electron chi connectivity index (χ4n) is 1.72. The van der Waals surface area contributed by atoms with Gasteiger partial charge in [-0.15, -0.1) is 0 Å². The van der Waals surface area contributed by atoms with E-state index in [0.717, 1.165) is 16.4 Å². The molecule has 0 fully saturated rings. The van der Waals surface area contributed by atoms with E-state index < -0.39 is 11.6 Å². The van der Waals surface area contributed by atoms with Crippen LogP contribution in [0.2, 0.25) is 0 Å². The van der Waals surface area contributed by atoms with Crippen LogP contribution < -0.4 is 4.90 Å². The van der Waals surface area contributed by atoms with Crippen molar-refractivity contribution in [3.05, 3.63) is 58.2 Å². The zero-order valence-electron chi connectivity index (χ0n) is 10.4. The molecular formula is C14H13BrF2N2. The summed E-state index contributed by atoms with van der Waals surface area (Å²) in [7, 11) is 1.89. The largest absolute Gasteiger partial charge is 0.359 e. The van der Waals surface area contributed by atoms with Crippen LogP contribution in [0, 0.1) is 11.6 Å². The molecule has 0 aliphatic rings. The fraction of sp³-hybridized carbons (Fsp3) is 0.214. The highest BCUT2D eigenvalue weighted by Crippen LogP contribution is 2.15. The first-order valence-electron chi connectivity index (χ1n) is 5.83. The van der Waals surface area contributed by atoms with Crippen LogP contribution in [-0.2, 0) is 6.42 Å². The molecule has 0 amide bonds. The van der Waals surface area contributed by atoms with Crippen LogP contribution in [0.3, 0.4) is 0 Å². The van der Waals surface area contributed by atoms with Crippen LogP contribution in [0.25, 0.3) is 0 Å². The lowest BCUT2D eigenvalue weighted by Gasteiger charge is -2.18. The third-order valence-corrected chi connectivity index (χ3v) is 3.30. The van der Waals surface area contributed by atoms with Crippen molar-refractivity contribution in [3.8, 4) is 0 Å². The molecule has 2 aromatic rings. The van der Waals surface area contributed by atoms with E-state index in [1.807, 2.05) is 24.1 Å². The molecule has 1 aromatic carbocycles. The van der Waals surface area contributed by atoms with Crippen molar-refractivity contribution in [3.63, 3.8) is 0 Å². The van der Waals surface area contributed by atoms with Crippen molar-refractivity contribution in [2.24, 2.45) is 0 Å². The zero-order valence-corrected chi connectivity index (χ0v) is 12.0. The fourth-order valence-corrected chi connectivity index (χ4v) is 1.96. The molecule has 0 bridgehead atoms.